The van der Waals surface area contributed by atoms with Crippen molar-refractivity contribution in [2.75, 3.05) is 5.32 Å². The summed E-state index contributed by atoms with van der Waals surface area (Å²) in [5, 5.41) is 5.80. The van der Waals surface area contributed by atoms with Crippen LogP contribution in [0.2, 0.25) is 0 Å². The highest BCUT2D eigenvalue weighted by Crippen LogP contribution is 2.14. The minimum Gasteiger partial charge on any atom is -0.386 e. The smallest absolute Gasteiger partial charge is 0.149 e. The molecule has 0 saturated heterocycles. The normalized spacial score (nSPS) is 10.6. The first-order valence-corrected chi connectivity index (χ1v) is 5.89. The highest BCUT2D eigenvalue weighted by molar-refractivity contribution is 5.46. The van der Waals surface area contributed by atoms with Crippen molar-refractivity contribution in [3.05, 3.63) is 78.1 Å². The second-order valence-corrected chi connectivity index (χ2v) is 3.97. The van der Waals surface area contributed by atoms with Gasteiger partial charge in [0.2, 0.25) is 0 Å². The molecule has 2 aromatic carbocycles. The Morgan fingerprint density at radius 3 is 2.47 bits per heavy atom. The van der Waals surface area contributed by atoms with Crippen molar-refractivity contribution < 1.29 is 8.78 Å². The summed E-state index contributed by atoms with van der Waals surface area (Å²) in [6.45, 7) is 0.685. The molecule has 19 heavy (non-hydrogen) atoms. The van der Waals surface area contributed by atoms with Crippen LogP contribution in [0.4, 0.5) is 14.5 Å². The molecule has 2 nitrogen and oxygen atoms in total. The average Bonchev–Trinajstić information content (AvgIpc) is 2.42. The summed E-state index contributed by atoms with van der Waals surface area (Å²) in [5.41, 5.74) is 1.39. The van der Waals surface area contributed by atoms with E-state index in [1.807, 2.05) is 30.3 Å². The first-order valence-electron chi connectivity index (χ1n) is 5.89. The molecule has 0 fully saturated rings. The van der Waals surface area contributed by atoms with Crippen LogP contribution in [0, 0.1) is 11.6 Å². The van der Waals surface area contributed by atoms with Crippen LogP contribution < -0.4 is 10.6 Å². The van der Waals surface area contributed by atoms with Crippen molar-refractivity contribution in [1.82, 2.24) is 5.32 Å². The van der Waals surface area contributed by atoms with E-state index in [9.17, 15) is 8.78 Å². The first kappa shape index (κ1) is 13.1. The number of hydrogen-bond acceptors (Lipinski definition) is 2. The molecule has 0 heterocycles. The second kappa shape index (κ2) is 6.54. The second-order valence-electron chi connectivity index (χ2n) is 3.97. The van der Waals surface area contributed by atoms with Crippen LogP contribution in [-0.4, -0.2) is 0 Å². The van der Waals surface area contributed by atoms with Gasteiger partial charge in [-0.25, -0.2) is 8.78 Å². The van der Waals surface area contributed by atoms with Crippen LogP contribution in [0.3, 0.4) is 0 Å². The minimum absolute atomic E-state index is 0.235. The number of rotatable bonds is 5. The maximum atomic E-state index is 13.3. The van der Waals surface area contributed by atoms with E-state index in [4.69, 9.17) is 0 Å². The summed E-state index contributed by atoms with van der Waals surface area (Å²) >= 11 is 0. The lowest BCUT2D eigenvalue weighted by Crippen LogP contribution is -2.05. The number of hydrogen-bond donors (Lipinski definition) is 2. The topological polar surface area (TPSA) is 24.1 Å². The Morgan fingerprint density at radius 1 is 0.947 bits per heavy atom. The molecule has 4 heteroatoms. The number of anilines is 1. The lowest BCUT2D eigenvalue weighted by atomic mass is 10.2. The van der Waals surface area contributed by atoms with Gasteiger partial charge in [0.25, 0.3) is 0 Å². The van der Waals surface area contributed by atoms with E-state index in [-0.39, 0.29) is 5.69 Å². The Bertz CT molecular complexity index is 553. The Morgan fingerprint density at radius 2 is 1.74 bits per heavy atom. The molecule has 0 saturated carbocycles. The standard InChI is InChI=1S/C15H14F2N2/c16-13-6-7-15(14(17)10-13)19-9-8-18-11-12-4-2-1-3-5-12/h1-10,18-19H,11H2/b9-8+. The van der Waals surface area contributed by atoms with Crippen LogP contribution in [0.25, 0.3) is 0 Å². The predicted octanol–water partition coefficient (Wildman–Crippen LogP) is 3.64. The van der Waals surface area contributed by atoms with E-state index < -0.39 is 11.6 Å². The van der Waals surface area contributed by atoms with Crippen molar-refractivity contribution in [2.45, 2.75) is 6.54 Å². The highest BCUT2D eigenvalue weighted by Gasteiger charge is 2.00. The third kappa shape index (κ3) is 4.10. The van der Waals surface area contributed by atoms with E-state index in [0.29, 0.717) is 6.54 Å². The zero-order chi connectivity index (χ0) is 13.5. The van der Waals surface area contributed by atoms with Gasteiger partial charge in [-0.15, -0.1) is 0 Å². The molecule has 0 atom stereocenters. The van der Waals surface area contributed by atoms with Crippen LogP contribution in [0.1, 0.15) is 5.56 Å². The maximum Gasteiger partial charge on any atom is 0.149 e. The fourth-order valence-corrected chi connectivity index (χ4v) is 1.57. The molecule has 2 rings (SSSR count). The van der Waals surface area contributed by atoms with E-state index >= 15 is 0 Å². The number of nitrogens with one attached hydrogen (secondary N) is 2. The zero-order valence-corrected chi connectivity index (χ0v) is 10.2. The molecule has 0 unspecified atom stereocenters. The summed E-state index contributed by atoms with van der Waals surface area (Å²) < 4.78 is 25.9. The molecule has 0 aliphatic heterocycles. The van der Waals surface area contributed by atoms with Gasteiger partial charge in [0.1, 0.15) is 11.6 Å². The van der Waals surface area contributed by atoms with Gasteiger partial charge in [-0.05, 0) is 17.7 Å². The Kier molecular flexibility index (Phi) is 4.50. The molecule has 0 aliphatic carbocycles. The van der Waals surface area contributed by atoms with Crippen molar-refractivity contribution in [3.63, 3.8) is 0 Å². The highest BCUT2D eigenvalue weighted by atomic mass is 19.1. The van der Waals surface area contributed by atoms with Crippen molar-refractivity contribution in [2.24, 2.45) is 0 Å². The van der Waals surface area contributed by atoms with Gasteiger partial charge in [-0.1, -0.05) is 30.3 Å². The molecule has 0 radical (unpaired) electrons. The molecule has 2 N–H and O–H groups in total. The van der Waals surface area contributed by atoms with Gasteiger partial charge in [0.15, 0.2) is 0 Å². The lowest BCUT2D eigenvalue weighted by Gasteiger charge is -2.03. The SMILES string of the molecule is Fc1ccc(N/C=C/NCc2ccccc2)c(F)c1. The van der Waals surface area contributed by atoms with Crippen LogP contribution in [-0.2, 0) is 6.54 Å². The van der Waals surface area contributed by atoms with Gasteiger partial charge in [-0.2, -0.15) is 0 Å². The van der Waals surface area contributed by atoms with E-state index in [1.165, 1.54) is 12.1 Å². The quantitative estimate of drug-likeness (QED) is 0.857. The largest absolute Gasteiger partial charge is 0.386 e. The Hall–Kier alpha value is -2.36. The summed E-state index contributed by atoms with van der Waals surface area (Å²) in [7, 11) is 0. The van der Waals surface area contributed by atoms with Gasteiger partial charge < -0.3 is 10.6 Å². The molecule has 0 spiro atoms. The Labute approximate surface area is 110 Å². The number of halogens is 2. The molecule has 0 aliphatic rings. The van der Waals surface area contributed by atoms with Gasteiger partial charge >= 0.3 is 0 Å². The third-order valence-corrected chi connectivity index (χ3v) is 2.52. The van der Waals surface area contributed by atoms with Gasteiger partial charge in [-0.3, -0.25) is 0 Å². The summed E-state index contributed by atoms with van der Waals surface area (Å²) in [6, 6.07) is 13.3. The van der Waals surface area contributed by atoms with Crippen LogP contribution >= 0.6 is 0 Å². The predicted molar refractivity (Wildman–Crippen MR) is 72.4 cm³/mol. The summed E-state index contributed by atoms with van der Waals surface area (Å²) in [4.78, 5) is 0. The Balaban J connectivity index is 1.80. The van der Waals surface area contributed by atoms with Crippen LogP contribution in [0.15, 0.2) is 60.9 Å². The monoisotopic (exact) mass is 260 g/mol. The molecule has 0 aromatic heterocycles. The fourth-order valence-electron chi connectivity index (χ4n) is 1.57. The fraction of sp³-hybridized carbons (Fsp3) is 0.0667. The van der Waals surface area contributed by atoms with E-state index in [1.54, 1.807) is 12.4 Å². The number of benzene rings is 2. The van der Waals surface area contributed by atoms with E-state index in [0.717, 1.165) is 11.6 Å². The zero-order valence-electron chi connectivity index (χ0n) is 10.2. The summed E-state index contributed by atoms with van der Waals surface area (Å²) in [5.74, 6) is -1.21. The molecule has 98 valence electrons. The summed E-state index contributed by atoms with van der Waals surface area (Å²) in [6.07, 6.45) is 3.25. The van der Waals surface area contributed by atoms with Gasteiger partial charge in [0.05, 0.1) is 5.69 Å². The third-order valence-electron chi connectivity index (χ3n) is 2.52. The van der Waals surface area contributed by atoms with Crippen molar-refractivity contribution >= 4 is 5.69 Å². The molecule has 0 bridgehead atoms. The van der Waals surface area contributed by atoms with E-state index in [2.05, 4.69) is 10.6 Å². The average molecular weight is 260 g/mol. The van der Waals surface area contributed by atoms with Gasteiger partial charge in [0, 0.05) is 25.0 Å². The first-order chi connectivity index (χ1) is 9.25. The molecular weight excluding hydrogens is 246 g/mol. The van der Waals surface area contributed by atoms with Crippen molar-refractivity contribution in [3.8, 4) is 0 Å². The minimum atomic E-state index is -0.618. The van der Waals surface area contributed by atoms with Crippen molar-refractivity contribution in [1.29, 1.82) is 0 Å². The molecule has 0 amide bonds. The maximum absolute atomic E-state index is 13.3. The molecular formula is C15H14F2N2. The lowest BCUT2D eigenvalue weighted by molar-refractivity contribution is 0.586. The van der Waals surface area contributed by atoms with Crippen LogP contribution in [0.5, 0.6) is 0 Å². The molecule has 2 aromatic rings.